The maximum Gasteiger partial charge on any atom is 0.326 e. The van der Waals surface area contributed by atoms with Crippen LogP contribution in [0.25, 0.3) is 0 Å². The van der Waals surface area contributed by atoms with Gasteiger partial charge >= 0.3 is 5.97 Å². The predicted molar refractivity (Wildman–Crippen MR) is 152 cm³/mol. The van der Waals surface area contributed by atoms with Crippen LogP contribution in [0.4, 0.5) is 0 Å². The zero-order valence-corrected chi connectivity index (χ0v) is 23.6. The molecular formula is C30H42N4O6. The molecule has 0 aromatic heterocycles. The Bertz CT molecular complexity index is 1120. The number of phenolic OH excluding ortho intramolecular Hbond substituents is 1. The van der Waals surface area contributed by atoms with Crippen LogP contribution in [0, 0.1) is 11.8 Å². The number of nitrogens with two attached hydrogens (primary N) is 1. The van der Waals surface area contributed by atoms with E-state index < -0.39 is 47.9 Å². The minimum atomic E-state index is -1.23. The van der Waals surface area contributed by atoms with Crippen molar-refractivity contribution in [3.8, 4) is 5.75 Å². The van der Waals surface area contributed by atoms with E-state index >= 15 is 0 Å². The highest BCUT2D eigenvalue weighted by Crippen LogP contribution is 2.14. The van der Waals surface area contributed by atoms with E-state index in [9.17, 15) is 29.4 Å². The molecule has 2 rings (SSSR count). The molecule has 2 aromatic rings. The Balaban J connectivity index is 2.28. The molecule has 5 atom stereocenters. The number of amides is 3. The van der Waals surface area contributed by atoms with Crippen LogP contribution in [0.3, 0.4) is 0 Å². The van der Waals surface area contributed by atoms with E-state index in [0.29, 0.717) is 18.4 Å². The van der Waals surface area contributed by atoms with Crippen LogP contribution in [0.1, 0.15) is 51.7 Å². The third kappa shape index (κ3) is 10.3. The van der Waals surface area contributed by atoms with E-state index in [1.807, 2.05) is 33.8 Å². The first-order valence-electron chi connectivity index (χ1n) is 13.6. The van der Waals surface area contributed by atoms with Gasteiger partial charge in [0.05, 0.1) is 6.04 Å². The Morgan fingerprint density at radius 1 is 0.775 bits per heavy atom. The van der Waals surface area contributed by atoms with Gasteiger partial charge in [0.2, 0.25) is 17.7 Å². The van der Waals surface area contributed by atoms with Gasteiger partial charge in [-0.2, -0.15) is 0 Å². The summed E-state index contributed by atoms with van der Waals surface area (Å²) in [6.45, 7) is 7.59. The van der Waals surface area contributed by atoms with Crippen LogP contribution in [-0.2, 0) is 32.0 Å². The molecule has 3 amide bonds. The first-order valence-corrected chi connectivity index (χ1v) is 13.6. The Morgan fingerprint density at radius 3 is 1.88 bits per heavy atom. The van der Waals surface area contributed by atoms with E-state index in [-0.39, 0.29) is 30.4 Å². The molecule has 218 valence electrons. The van der Waals surface area contributed by atoms with Crippen LogP contribution in [0.15, 0.2) is 54.6 Å². The minimum Gasteiger partial charge on any atom is -0.508 e. The van der Waals surface area contributed by atoms with Crippen molar-refractivity contribution in [1.82, 2.24) is 16.0 Å². The van der Waals surface area contributed by atoms with Gasteiger partial charge in [-0.3, -0.25) is 14.4 Å². The highest BCUT2D eigenvalue weighted by Gasteiger charge is 2.32. The van der Waals surface area contributed by atoms with Crippen molar-refractivity contribution in [3.05, 3.63) is 65.7 Å². The Kier molecular flexibility index (Phi) is 12.6. The largest absolute Gasteiger partial charge is 0.508 e. The minimum absolute atomic E-state index is 0.0313. The zero-order valence-electron chi connectivity index (χ0n) is 23.6. The van der Waals surface area contributed by atoms with Crippen LogP contribution in [0.2, 0.25) is 0 Å². The summed E-state index contributed by atoms with van der Waals surface area (Å²) in [5, 5.41) is 27.5. The van der Waals surface area contributed by atoms with Crippen molar-refractivity contribution in [1.29, 1.82) is 0 Å². The molecule has 7 N–H and O–H groups in total. The molecule has 0 spiro atoms. The third-order valence-electron chi connectivity index (χ3n) is 6.76. The van der Waals surface area contributed by atoms with Crippen molar-refractivity contribution < 1.29 is 29.4 Å². The fraction of sp³-hybridized carbons (Fsp3) is 0.467. The first-order chi connectivity index (χ1) is 18.9. The number of carboxylic acids is 1. The normalized spacial score (nSPS) is 14.8. The van der Waals surface area contributed by atoms with Gasteiger partial charge < -0.3 is 31.9 Å². The summed E-state index contributed by atoms with van der Waals surface area (Å²) in [7, 11) is 0. The number of benzene rings is 2. The maximum absolute atomic E-state index is 13.5. The van der Waals surface area contributed by atoms with Crippen LogP contribution < -0.4 is 21.7 Å². The Morgan fingerprint density at radius 2 is 1.32 bits per heavy atom. The quantitative estimate of drug-likeness (QED) is 0.196. The van der Waals surface area contributed by atoms with Gasteiger partial charge in [0.15, 0.2) is 0 Å². The third-order valence-corrected chi connectivity index (χ3v) is 6.76. The number of aliphatic carboxylic acids is 1. The highest BCUT2D eigenvalue weighted by atomic mass is 16.4. The number of hydrogen-bond acceptors (Lipinski definition) is 6. The lowest BCUT2D eigenvalue weighted by molar-refractivity contribution is -0.142. The lowest BCUT2D eigenvalue weighted by Gasteiger charge is -2.28. The van der Waals surface area contributed by atoms with Gasteiger partial charge in [0, 0.05) is 12.8 Å². The molecule has 0 bridgehead atoms. The molecule has 0 aliphatic rings. The molecule has 40 heavy (non-hydrogen) atoms. The molecule has 2 aromatic carbocycles. The van der Waals surface area contributed by atoms with Gasteiger partial charge in [-0.25, -0.2) is 4.79 Å². The van der Waals surface area contributed by atoms with E-state index in [4.69, 9.17) is 5.73 Å². The maximum atomic E-state index is 13.5. The smallest absolute Gasteiger partial charge is 0.326 e. The number of hydrogen-bond donors (Lipinski definition) is 6. The molecular weight excluding hydrogens is 512 g/mol. The summed E-state index contributed by atoms with van der Waals surface area (Å²) in [6, 6.07) is 10.9. The molecule has 10 heteroatoms. The number of carbonyl (C=O) groups excluding carboxylic acids is 3. The molecule has 0 saturated heterocycles. The second kappa shape index (κ2) is 15.6. The molecule has 0 aliphatic heterocycles. The number of nitrogens with one attached hydrogen (secondary N) is 3. The number of aromatic hydroxyl groups is 1. The second-order valence-electron chi connectivity index (χ2n) is 10.6. The second-order valence-corrected chi connectivity index (χ2v) is 10.6. The molecule has 0 saturated carbocycles. The van der Waals surface area contributed by atoms with Crippen molar-refractivity contribution in [3.63, 3.8) is 0 Å². The SMILES string of the molecule is CCC(C)C(NC(=O)C(N)CC(C)C)C(=O)NC(Cc1ccc(O)cc1)C(=O)NC(Cc1ccccc1)C(=O)O. The predicted octanol–water partition coefficient (Wildman–Crippen LogP) is 2.14. The topological polar surface area (TPSA) is 171 Å². The van der Waals surface area contributed by atoms with E-state index in [2.05, 4.69) is 16.0 Å². The molecule has 0 radical (unpaired) electrons. The summed E-state index contributed by atoms with van der Waals surface area (Å²) >= 11 is 0. The van der Waals surface area contributed by atoms with Crippen LogP contribution >= 0.6 is 0 Å². The van der Waals surface area contributed by atoms with Crippen molar-refractivity contribution >= 4 is 23.7 Å². The van der Waals surface area contributed by atoms with Gasteiger partial charge in [-0.15, -0.1) is 0 Å². The average Bonchev–Trinajstić information content (AvgIpc) is 2.91. The first kappa shape index (κ1) is 32.3. The number of phenols is 1. The Hall–Kier alpha value is -3.92. The van der Waals surface area contributed by atoms with Crippen molar-refractivity contribution in [2.45, 2.75) is 77.5 Å². The molecule has 0 aliphatic carbocycles. The summed E-state index contributed by atoms with van der Waals surface area (Å²) in [5.74, 6) is -2.97. The summed E-state index contributed by atoms with van der Waals surface area (Å²) in [4.78, 5) is 51.7. The number of carbonyl (C=O) groups is 4. The van der Waals surface area contributed by atoms with E-state index in [1.54, 1.807) is 36.4 Å². The van der Waals surface area contributed by atoms with E-state index in [1.165, 1.54) is 12.1 Å². The highest BCUT2D eigenvalue weighted by molar-refractivity contribution is 5.94. The van der Waals surface area contributed by atoms with Gasteiger partial charge in [-0.1, -0.05) is 76.6 Å². The van der Waals surface area contributed by atoms with Crippen LogP contribution in [0.5, 0.6) is 5.75 Å². The summed E-state index contributed by atoms with van der Waals surface area (Å²) in [5.41, 5.74) is 7.40. The van der Waals surface area contributed by atoms with Crippen LogP contribution in [-0.4, -0.2) is 58.1 Å². The summed E-state index contributed by atoms with van der Waals surface area (Å²) in [6.07, 6.45) is 1.11. The lowest BCUT2D eigenvalue weighted by atomic mass is 9.96. The Labute approximate surface area is 235 Å². The van der Waals surface area contributed by atoms with Crippen molar-refractivity contribution in [2.24, 2.45) is 17.6 Å². The fourth-order valence-corrected chi connectivity index (χ4v) is 4.24. The average molecular weight is 555 g/mol. The van der Waals surface area contributed by atoms with Crippen molar-refractivity contribution in [2.75, 3.05) is 0 Å². The lowest BCUT2D eigenvalue weighted by Crippen LogP contribution is -2.59. The zero-order chi connectivity index (χ0) is 29.8. The van der Waals surface area contributed by atoms with Gasteiger partial charge in [0.25, 0.3) is 0 Å². The monoisotopic (exact) mass is 554 g/mol. The van der Waals surface area contributed by atoms with Gasteiger partial charge in [0.1, 0.15) is 23.9 Å². The molecule has 10 nitrogen and oxygen atoms in total. The standard InChI is InChI=1S/C30H42N4O6/c1-5-19(4)26(34-27(36)23(31)15-18(2)3)29(38)32-24(16-21-11-13-22(35)14-12-21)28(37)33-25(30(39)40)17-20-9-7-6-8-10-20/h6-14,18-19,23-26,35H,5,15-17,31H2,1-4H3,(H,32,38)(H,33,37)(H,34,36)(H,39,40). The fourth-order valence-electron chi connectivity index (χ4n) is 4.24. The number of rotatable bonds is 15. The van der Waals surface area contributed by atoms with E-state index in [0.717, 1.165) is 5.56 Å². The molecule has 5 unspecified atom stereocenters. The number of carboxylic acid groups (broad SMARTS) is 1. The molecule has 0 heterocycles. The van der Waals surface area contributed by atoms with Gasteiger partial charge in [-0.05, 0) is 41.5 Å². The summed E-state index contributed by atoms with van der Waals surface area (Å²) < 4.78 is 0. The molecule has 0 fully saturated rings.